The van der Waals surface area contributed by atoms with Gasteiger partial charge in [-0.15, -0.1) is 0 Å². The van der Waals surface area contributed by atoms with E-state index in [-0.39, 0.29) is 5.92 Å². The summed E-state index contributed by atoms with van der Waals surface area (Å²) in [5.41, 5.74) is 0.303. The lowest BCUT2D eigenvalue weighted by Gasteiger charge is -2.32. The number of pyridine rings is 1. The van der Waals surface area contributed by atoms with Crippen LogP contribution in [0.5, 0.6) is 0 Å². The molecule has 2 saturated heterocycles. The number of nitrogens with zero attached hydrogens (tertiary/aromatic N) is 1. The van der Waals surface area contributed by atoms with Gasteiger partial charge < -0.3 is 14.0 Å². The van der Waals surface area contributed by atoms with Crippen LogP contribution in [0.4, 0.5) is 4.39 Å². The number of aromatic nitrogens is 1. The molecule has 1 atom stereocenters. The second kappa shape index (κ2) is 5.04. The van der Waals surface area contributed by atoms with E-state index in [0.717, 1.165) is 18.7 Å². The molecule has 0 N–H and O–H groups in total. The topological polar surface area (TPSA) is 40.6 Å². The molecule has 114 valence electrons. The summed E-state index contributed by atoms with van der Waals surface area (Å²) in [4.78, 5) is 4.20. The van der Waals surface area contributed by atoms with Gasteiger partial charge >= 0.3 is 7.12 Å². The minimum absolute atomic E-state index is 0.228. The van der Waals surface area contributed by atoms with Crippen molar-refractivity contribution in [2.75, 3.05) is 13.2 Å². The van der Waals surface area contributed by atoms with Gasteiger partial charge in [-0.25, -0.2) is 4.39 Å². The van der Waals surface area contributed by atoms with Gasteiger partial charge in [-0.2, -0.15) is 0 Å². The van der Waals surface area contributed by atoms with Crippen LogP contribution in [0.3, 0.4) is 0 Å². The highest BCUT2D eigenvalue weighted by molar-refractivity contribution is 6.62. The molecule has 6 heteroatoms. The molecule has 21 heavy (non-hydrogen) atoms. The molecule has 0 aromatic carbocycles. The molecule has 4 nitrogen and oxygen atoms in total. The zero-order valence-corrected chi connectivity index (χ0v) is 13.0. The molecule has 2 fully saturated rings. The minimum atomic E-state index is -0.695. The Kier molecular flexibility index (Phi) is 3.58. The van der Waals surface area contributed by atoms with E-state index >= 15 is 0 Å². The number of rotatable bonds is 2. The van der Waals surface area contributed by atoms with Gasteiger partial charge in [0, 0.05) is 23.7 Å². The molecule has 0 amide bonds. The van der Waals surface area contributed by atoms with E-state index in [2.05, 4.69) is 4.98 Å². The van der Waals surface area contributed by atoms with Gasteiger partial charge in [0.25, 0.3) is 0 Å². The molecular formula is C15H21BFNO3. The predicted molar refractivity (Wildman–Crippen MR) is 78.1 cm³/mol. The van der Waals surface area contributed by atoms with Crippen LogP contribution in [0.15, 0.2) is 12.3 Å². The molecule has 1 unspecified atom stereocenters. The standard InChI is InChI=1S/C15H21BFNO3/c1-14(2)15(3,4)21-16(20-14)11-7-13(18-8-12(11)17)10-5-6-19-9-10/h7-8,10H,5-6,9H2,1-4H3. The Morgan fingerprint density at radius 3 is 2.48 bits per heavy atom. The van der Waals surface area contributed by atoms with Gasteiger partial charge in [0.05, 0.1) is 24.0 Å². The maximum absolute atomic E-state index is 14.2. The molecule has 0 bridgehead atoms. The first-order valence-corrected chi connectivity index (χ1v) is 7.39. The Hall–Kier alpha value is -0.975. The van der Waals surface area contributed by atoms with Gasteiger partial charge in [-0.05, 0) is 40.2 Å². The second-order valence-corrected chi connectivity index (χ2v) is 6.78. The SMILES string of the molecule is CC1(C)OB(c2cc(C3CCOC3)ncc2F)OC1(C)C. The van der Waals surface area contributed by atoms with Crippen molar-refractivity contribution in [1.82, 2.24) is 4.98 Å². The zero-order chi connectivity index (χ0) is 15.3. The van der Waals surface area contributed by atoms with Crippen LogP contribution in [-0.4, -0.2) is 36.5 Å². The molecule has 0 spiro atoms. The van der Waals surface area contributed by atoms with E-state index in [0.29, 0.717) is 12.1 Å². The van der Waals surface area contributed by atoms with Crippen molar-refractivity contribution in [2.45, 2.75) is 51.2 Å². The quantitative estimate of drug-likeness (QED) is 0.782. The summed E-state index contributed by atoms with van der Waals surface area (Å²) in [6.45, 7) is 9.20. The molecular weight excluding hydrogens is 272 g/mol. The first-order chi connectivity index (χ1) is 9.80. The van der Waals surface area contributed by atoms with Crippen LogP contribution in [0.2, 0.25) is 0 Å². The van der Waals surface area contributed by atoms with Crippen LogP contribution < -0.4 is 5.46 Å². The summed E-state index contributed by atoms with van der Waals surface area (Å²) in [5.74, 6) is -0.164. The Morgan fingerprint density at radius 1 is 1.24 bits per heavy atom. The van der Waals surface area contributed by atoms with Gasteiger partial charge in [-0.3, -0.25) is 4.98 Å². The average molecular weight is 293 g/mol. The summed E-state index contributed by atoms with van der Waals surface area (Å²) in [6.07, 6.45) is 2.18. The van der Waals surface area contributed by atoms with Crippen molar-refractivity contribution in [1.29, 1.82) is 0 Å². The van der Waals surface area contributed by atoms with Crippen LogP contribution in [0.25, 0.3) is 0 Å². The molecule has 0 radical (unpaired) electrons. The minimum Gasteiger partial charge on any atom is -0.399 e. The van der Waals surface area contributed by atoms with Crippen LogP contribution in [0.1, 0.15) is 45.7 Å². The van der Waals surface area contributed by atoms with E-state index in [4.69, 9.17) is 14.0 Å². The number of ether oxygens (including phenoxy) is 1. The van der Waals surface area contributed by atoms with Crippen molar-refractivity contribution in [2.24, 2.45) is 0 Å². The van der Waals surface area contributed by atoms with Gasteiger partial charge in [0.1, 0.15) is 5.82 Å². The van der Waals surface area contributed by atoms with E-state index in [1.165, 1.54) is 6.20 Å². The van der Waals surface area contributed by atoms with Crippen molar-refractivity contribution < 1.29 is 18.4 Å². The monoisotopic (exact) mass is 293 g/mol. The smallest absolute Gasteiger partial charge is 0.399 e. The van der Waals surface area contributed by atoms with E-state index < -0.39 is 24.1 Å². The molecule has 1 aromatic rings. The lowest BCUT2D eigenvalue weighted by atomic mass is 9.78. The highest BCUT2D eigenvalue weighted by Gasteiger charge is 2.52. The van der Waals surface area contributed by atoms with E-state index in [9.17, 15) is 4.39 Å². The van der Waals surface area contributed by atoms with Gasteiger partial charge in [0.2, 0.25) is 0 Å². The van der Waals surface area contributed by atoms with Crippen molar-refractivity contribution in [3.8, 4) is 0 Å². The maximum atomic E-state index is 14.2. The van der Waals surface area contributed by atoms with Crippen LogP contribution in [0, 0.1) is 5.82 Å². The fourth-order valence-corrected chi connectivity index (χ4v) is 2.61. The normalized spacial score (nSPS) is 27.3. The third-order valence-electron chi connectivity index (χ3n) is 4.76. The van der Waals surface area contributed by atoms with E-state index in [1.807, 2.05) is 27.7 Å². The van der Waals surface area contributed by atoms with E-state index in [1.54, 1.807) is 6.07 Å². The highest BCUT2D eigenvalue weighted by Crippen LogP contribution is 2.36. The van der Waals surface area contributed by atoms with Crippen molar-refractivity contribution in [3.05, 3.63) is 23.8 Å². The molecule has 0 aliphatic carbocycles. The molecule has 2 aliphatic rings. The third-order valence-corrected chi connectivity index (χ3v) is 4.76. The number of halogens is 1. The number of hydrogen-bond acceptors (Lipinski definition) is 4. The summed E-state index contributed by atoms with van der Waals surface area (Å²) < 4.78 is 31.4. The van der Waals surface area contributed by atoms with Crippen LogP contribution >= 0.6 is 0 Å². The Morgan fingerprint density at radius 2 is 1.90 bits per heavy atom. The fraction of sp³-hybridized carbons (Fsp3) is 0.667. The molecule has 3 rings (SSSR count). The fourth-order valence-electron chi connectivity index (χ4n) is 2.61. The third kappa shape index (κ3) is 2.60. The maximum Gasteiger partial charge on any atom is 0.497 e. The summed E-state index contributed by atoms with van der Waals surface area (Å²) >= 11 is 0. The second-order valence-electron chi connectivity index (χ2n) is 6.78. The molecule has 2 aliphatic heterocycles. The summed E-state index contributed by atoms with van der Waals surface area (Å²) in [5, 5.41) is 0. The Bertz CT molecular complexity index is 528. The first kappa shape index (κ1) is 14.9. The Labute approximate surface area is 125 Å². The van der Waals surface area contributed by atoms with Gasteiger partial charge in [-0.1, -0.05) is 0 Å². The molecule has 1 aromatic heterocycles. The predicted octanol–water partition coefficient (Wildman–Crippen LogP) is 2.02. The highest BCUT2D eigenvalue weighted by atomic mass is 19.1. The summed E-state index contributed by atoms with van der Waals surface area (Å²) in [6, 6.07) is 1.76. The first-order valence-electron chi connectivity index (χ1n) is 7.39. The lowest BCUT2D eigenvalue weighted by molar-refractivity contribution is 0.00578. The van der Waals surface area contributed by atoms with Crippen LogP contribution in [-0.2, 0) is 14.0 Å². The largest absolute Gasteiger partial charge is 0.497 e. The average Bonchev–Trinajstić information content (AvgIpc) is 2.97. The molecule has 0 saturated carbocycles. The summed E-state index contributed by atoms with van der Waals surface area (Å²) in [7, 11) is -0.695. The number of hydrogen-bond donors (Lipinski definition) is 0. The van der Waals surface area contributed by atoms with Crippen molar-refractivity contribution >= 4 is 12.6 Å². The molecule has 3 heterocycles. The lowest BCUT2D eigenvalue weighted by Crippen LogP contribution is -2.41. The van der Waals surface area contributed by atoms with Gasteiger partial charge in [0.15, 0.2) is 0 Å². The Balaban J connectivity index is 1.90. The zero-order valence-electron chi connectivity index (χ0n) is 13.0. The van der Waals surface area contributed by atoms with Crippen molar-refractivity contribution in [3.63, 3.8) is 0 Å².